The van der Waals surface area contributed by atoms with E-state index in [-0.39, 0.29) is 12.0 Å². The second-order valence-electron chi connectivity index (χ2n) is 9.07. The van der Waals surface area contributed by atoms with E-state index in [9.17, 15) is 9.90 Å². The number of hydrogen-bond donors (Lipinski definition) is 2. The van der Waals surface area contributed by atoms with Gasteiger partial charge in [-0.1, -0.05) is 18.5 Å². The van der Waals surface area contributed by atoms with E-state index in [1.165, 1.54) is 4.90 Å². The summed E-state index contributed by atoms with van der Waals surface area (Å²) in [7, 11) is 0. The van der Waals surface area contributed by atoms with Crippen molar-refractivity contribution in [3.63, 3.8) is 0 Å². The Bertz CT molecular complexity index is 1150. The van der Waals surface area contributed by atoms with E-state index >= 15 is 0 Å². The summed E-state index contributed by atoms with van der Waals surface area (Å²) in [6.07, 6.45) is 6.33. The number of amides is 1. The molecule has 170 valence electrons. The summed E-state index contributed by atoms with van der Waals surface area (Å²) < 4.78 is 4.28. The molecule has 32 heavy (non-hydrogen) atoms. The van der Waals surface area contributed by atoms with E-state index in [1.54, 1.807) is 6.20 Å². The number of aryl methyl sites for hydroxylation is 1. The summed E-state index contributed by atoms with van der Waals surface area (Å²) in [4.78, 5) is 18.6. The average molecular weight is 457 g/mol. The minimum Gasteiger partial charge on any atom is -0.465 e. The van der Waals surface area contributed by atoms with E-state index in [1.807, 2.05) is 23.9 Å². The Morgan fingerprint density at radius 1 is 1.31 bits per heavy atom. The van der Waals surface area contributed by atoms with Crippen LogP contribution < -0.4 is 10.2 Å². The van der Waals surface area contributed by atoms with E-state index in [0.717, 1.165) is 66.9 Å². The van der Waals surface area contributed by atoms with Crippen molar-refractivity contribution in [1.29, 1.82) is 0 Å². The lowest BCUT2D eigenvalue weighted by Gasteiger charge is -2.33. The van der Waals surface area contributed by atoms with E-state index in [0.29, 0.717) is 17.6 Å². The Morgan fingerprint density at radius 3 is 2.78 bits per heavy atom. The molecule has 1 fully saturated rings. The van der Waals surface area contributed by atoms with Gasteiger partial charge < -0.3 is 15.0 Å². The summed E-state index contributed by atoms with van der Waals surface area (Å²) in [6, 6.07) is 4.38. The molecule has 2 aliphatic rings. The number of benzene rings is 1. The number of halogens is 1. The molecule has 8 nitrogen and oxygen atoms in total. The zero-order valence-corrected chi connectivity index (χ0v) is 19.2. The van der Waals surface area contributed by atoms with Gasteiger partial charge in [0.25, 0.3) is 0 Å². The van der Waals surface area contributed by atoms with Crippen LogP contribution in [0.1, 0.15) is 56.5 Å². The van der Waals surface area contributed by atoms with Crippen LogP contribution in [0.25, 0.3) is 11.0 Å². The molecule has 3 aromatic rings. The highest BCUT2D eigenvalue weighted by Crippen LogP contribution is 2.39. The fraction of sp³-hybridized carbons (Fsp3) is 0.522. The molecular formula is C23H29ClN6O2. The van der Waals surface area contributed by atoms with Gasteiger partial charge >= 0.3 is 6.09 Å². The van der Waals surface area contributed by atoms with Gasteiger partial charge in [-0.25, -0.2) is 9.78 Å². The molecule has 1 amide bonds. The molecule has 2 N–H and O–H groups in total. The molecule has 1 unspecified atom stereocenters. The van der Waals surface area contributed by atoms with Gasteiger partial charge in [-0.05, 0) is 57.8 Å². The van der Waals surface area contributed by atoms with Crippen molar-refractivity contribution < 1.29 is 9.90 Å². The standard InChI is InChI=1S/C23H29ClN6O2/c1-14(12-28-13-16(24)11-26-28)22-27-21-18-4-3-15(2)29(23(31)32)19(18)5-6-20(21)30(22)17-7-9-25-10-8-17/h5-6,11,13-15,17,25H,3-4,7-10,12H2,1-2H3,(H,31,32)/t14?,15-/m0/s1. The van der Waals surface area contributed by atoms with Gasteiger partial charge in [0.1, 0.15) is 5.82 Å². The van der Waals surface area contributed by atoms with Crippen molar-refractivity contribution in [3.8, 4) is 0 Å². The third-order valence-electron chi connectivity index (χ3n) is 6.87. The van der Waals surface area contributed by atoms with E-state index < -0.39 is 6.09 Å². The SMILES string of the molecule is CC(Cn1cc(Cl)cn1)c1nc2c3c(ccc2n1C1CCNCC1)N(C(=O)O)[C@@H](C)CC3. The van der Waals surface area contributed by atoms with Crippen LogP contribution in [-0.2, 0) is 13.0 Å². The molecule has 2 aromatic heterocycles. The second kappa shape index (κ2) is 8.41. The number of piperidine rings is 1. The number of aromatic nitrogens is 4. The van der Waals surface area contributed by atoms with Crippen LogP contribution in [0.4, 0.5) is 10.5 Å². The van der Waals surface area contributed by atoms with Gasteiger partial charge in [0, 0.05) is 29.8 Å². The lowest BCUT2D eigenvalue weighted by Crippen LogP contribution is -2.41. The highest BCUT2D eigenvalue weighted by Gasteiger charge is 2.32. The topological polar surface area (TPSA) is 88.2 Å². The molecule has 9 heteroatoms. The van der Waals surface area contributed by atoms with Crippen LogP contribution in [-0.4, -0.2) is 49.7 Å². The molecule has 4 heterocycles. The zero-order chi connectivity index (χ0) is 22.4. The lowest BCUT2D eigenvalue weighted by atomic mass is 9.95. The van der Waals surface area contributed by atoms with Gasteiger partial charge in [-0.2, -0.15) is 5.10 Å². The molecule has 0 spiro atoms. The largest absolute Gasteiger partial charge is 0.465 e. The van der Waals surface area contributed by atoms with Crippen molar-refractivity contribution in [1.82, 2.24) is 24.6 Å². The first kappa shape index (κ1) is 21.3. The highest BCUT2D eigenvalue weighted by molar-refractivity contribution is 6.30. The third kappa shape index (κ3) is 3.65. The van der Waals surface area contributed by atoms with Crippen LogP contribution in [0.5, 0.6) is 0 Å². The molecular weight excluding hydrogens is 428 g/mol. The number of nitrogens with zero attached hydrogens (tertiary/aromatic N) is 5. The first-order valence-corrected chi connectivity index (χ1v) is 11.8. The van der Waals surface area contributed by atoms with Crippen LogP contribution in [0.3, 0.4) is 0 Å². The summed E-state index contributed by atoms with van der Waals surface area (Å²) in [5, 5.41) is 18.2. The maximum atomic E-state index is 12.0. The summed E-state index contributed by atoms with van der Waals surface area (Å²) >= 11 is 6.07. The van der Waals surface area contributed by atoms with Crippen LogP contribution in [0.2, 0.25) is 5.02 Å². The van der Waals surface area contributed by atoms with Gasteiger partial charge in [-0.15, -0.1) is 0 Å². The van der Waals surface area contributed by atoms with Crippen molar-refractivity contribution in [3.05, 3.63) is 40.9 Å². The second-order valence-corrected chi connectivity index (χ2v) is 9.51. The lowest BCUT2D eigenvalue weighted by molar-refractivity contribution is 0.198. The summed E-state index contributed by atoms with van der Waals surface area (Å²) in [5.74, 6) is 1.16. The number of carbonyl (C=O) groups is 1. The van der Waals surface area contributed by atoms with Crippen LogP contribution >= 0.6 is 11.6 Å². The minimum absolute atomic E-state index is 0.0353. The van der Waals surface area contributed by atoms with Crippen LogP contribution in [0, 0.1) is 0 Å². The molecule has 1 aromatic carbocycles. The molecule has 1 saturated heterocycles. The maximum absolute atomic E-state index is 12.0. The van der Waals surface area contributed by atoms with Crippen molar-refractivity contribution in [2.45, 2.75) is 64.1 Å². The normalized spacial score (nSPS) is 20.5. The number of anilines is 1. The Hall–Kier alpha value is -2.58. The van der Waals surface area contributed by atoms with Crippen molar-refractivity contribution >= 4 is 34.4 Å². The number of hydrogen-bond acceptors (Lipinski definition) is 4. The first-order chi connectivity index (χ1) is 15.4. The molecule has 2 aliphatic heterocycles. The fourth-order valence-corrected chi connectivity index (χ4v) is 5.46. The van der Waals surface area contributed by atoms with E-state index in [4.69, 9.17) is 16.6 Å². The summed E-state index contributed by atoms with van der Waals surface area (Å²) in [5.41, 5.74) is 3.87. The number of fused-ring (bicyclic) bond motifs is 3. The minimum atomic E-state index is -0.903. The zero-order valence-electron chi connectivity index (χ0n) is 18.5. The monoisotopic (exact) mass is 456 g/mol. The highest BCUT2D eigenvalue weighted by atomic mass is 35.5. The molecule has 5 rings (SSSR count). The van der Waals surface area contributed by atoms with Crippen molar-refractivity contribution in [2.24, 2.45) is 0 Å². The van der Waals surface area contributed by atoms with Crippen LogP contribution in [0.15, 0.2) is 24.5 Å². The van der Waals surface area contributed by atoms with Gasteiger partial charge in [-0.3, -0.25) is 9.58 Å². The Morgan fingerprint density at radius 2 is 2.09 bits per heavy atom. The Labute approximate surface area is 192 Å². The smallest absolute Gasteiger partial charge is 0.412 e. The number of rotatable bonds is 4. The third-order valence-corrected chi connectivity index (χ3v) is 7.06. The Kier molecular flexibility index (Phi) is 5.59. The van der Waals surface area contributed by atoms with Crippen molar-refractivity contribution in [2.75, 3.05) is 18.0 Å². The number of carboxylic acid groups (broad SMARTS) is 1. The fourth-order valence-electron chi connectivity index (χ4n) is 5.30. The van der Waals surface area contributed by atoms with Gasteiger partial charge in [0.05, 0.1) is 34.5 Å². The molecule has 0 radical (unpaired) electrons. The molecule has 0 bridgehead atoms. The quantitative estimate of drug-likeness (QED) is 0.606. The van der Waals surface area contributed by atoms with Gasteiger partial charge in [0.15, 0.2) is 0 Å². The van der Waals surface area contributed by atoms with Gasteiger partial charge in [0.2, 0.25) is 0 Å². The Balaban J connectivity index is 1.64. The molecule has 2 atom stereocenters. The number of nitrogens with one attached hydrogen (secondary N) is 1. The molecule has 0 aliphatic carbocycles. The predicted molar refractivity (Wildman–Crippen MR) is 125 cm³/mol. The average Bonchev–Trinajstić information content (AvgIpc) is 3.37. The first-order valence-electron chi connectivity index (χ1n) is 11.4. The molecule has 0 saturated carbocycles. The summed E-state index contributed by atoms with van der Waals surface area (Å²) in [6.45, 7) is 6.80. The predicted octanol–water partition coefficient (Wildman–Crippen LogP) is 4.43. The maximum Gasteiger partial charge on any atom is 0.412 e. The van der Waals surface area contributed by atoms with E-state index in [2.05, 4.69) is 28.0 Å². The number of imidazole rings is 1.